The summed E-state index contributed by atoms with van der Waals surface area (Å²) in [5, 5.41) is 11.0. The van der Waals surface area contributed by atoms with Gasteiger partial charge in [-0.3, -0.25) is 15.1 Å². The highest BCUT2D eigenvalue weighted by Gasteiger charge is 2.19. The molecule has 0 aliphatic carbocycles. The lowest BCUT2D eigenvalue weighted by molar-refractivity contribution is 0.791. The second-order valence-electron chi connectivity index (χ2n) is 9.08. The van der Waals surface area contributed by atoms with Crippen LogP contribution in [-0.4, -0.2) is 35.1 Å². The molecule has 0 aliphatic rings. The lowest BCUT2D eigenvalue weighted by Crippen LogP contribution is -1.99. The van der Waals surface area contributed by atoms with Gasteiger partial charge in [0, 0.05) is 46.7 Å². The molecule has 38 heavy (non-hydrogen) atoms. The number of pyridine rings is 3. The molecule has 5 aromatic heterocycles. The average Bonchev–Trinajstić information content (AvgIpc) is 3.54. The van der Waals surface area contributed by atoms with E-state index in [1.54, 1.807) is 18.5 Å². The normalized spacial score (nSPS) is 11.6. The number of aryl methyl sites for hydroxylation is 1. The number of nitrogens with zero attached hydrogens (tertiary/aromatic N) is 5. The Kier molecular flexibility index (Phi) is 7.21. The van der Waals surface area contributed by atoms with E-state index in [1.807, 2.05) is 55.7 Å². The lowest BCUT2D eigenvalue weighted by atomic mass is 10.0. The number of rotatable bonds is 10. The summed E-state index contributed by atoms with van der Waals surface area (Å²) in [6, 6.07) is 9.88. The van der Waals surface area contributed by atoms with Crippen molar-refractivity contribution >= 4 is 22.3 Å². The molecular formula is C30H30N8. The molecule has 0 unspecified atom stereocenters. The first-order valence-corrected chi connectivity index (χ1v) is 12.6. The number of hydrogen-bond donors (Lipinski definition) is 3. The third-order valence-corrected chi connectivity index (χ3v) is 6.22. The number of hydrogen-bond acceptors (Lipinski definition) is 6. The third kappa shape index (κ3) is 5.15. The van der Waals surface area contributed by atoms with Crippen molar-refractivity contribution in [1.82, 2.24) is 35.1 Å². The zero-order chi connectivity index (χ0) is 26.5. The summed E-state index contributed by atoms with van der Waals surface area (Å²) in [7, 11) is 0. The van der Waals surface area contributed by atoms with Gasteiger partial charge >= 0.3 is 0 Å². The van der Waals surface area contributed by atoms with Crippen molar-refractivity contribution in [3.8, 4) is 22.8 Å². The van der Waals surface area contributed by atoms with Crippen LogP contribution in [0.2, 0.25) is 0 Å². The van der Waals surface area contributed by atoms with Crippen molar-refractivity contribution in [2.45, 2.75) is 33.1 Å². The maximum Gasteiger partial charge on any atom is 0.161 e. The van der Waals surface area contributed by atoms with E-state index in [9.17, 15) is 0 Å². The van der Waals surface area contributed by atoms with Crippen LogP contribution in [0.1, 0.15) is 43.1 Å². The predicted molar refractivity (Wildman–Crippen MR) is 153 cm³/mol. The Balaban J connectivity index is 1.50. The number of allylic oxidation sites excluding steroid dienone is 3. The van der Waals surface area contributed by atoms with Gasteiger partial charge in [-0.05, 0) is 44.0 Å². The fraction of sp³-hybridized carbons (Fsp3) is 0.167. The molecule has 0 saturated carbocycles. The lowest BCUT2D eigenvalue weighted by Gasteiger charge is -2.10. The third-order valence-electron chi connectivity index (χ3n) is 6.22. The zero-order valence-electron chi connectivity index (χ0n) is 21.6. The number of aromatic nitrogens is 7. The van der Waals surface area contributed by atoms with Gasteiger partial charge in [0.15, 0.2) is 11.5 Å². The van der Waals surface area contributed by atoms with Crippen LogP contribution in [0.3, 0.4) is 0 Å². The van der Waals surface area contributed by atoms with E-state index in [0.29, 0.717) is 11.5 Å². The number of anilines is 1. The summed E-state index contributed by atoms with van der Waals surface area (Å²) in [5.74, 6) is 0.632. The molecule has 3 N–H and O–H groups in total. The molecule has 5 aromatic rings. The van der Waals surface area contributed by atoms with Crippen molar-refractivity contribution in [1.29, 1.82) is 0 Å². The van der Waals surface area contributed by atoms with Crippen LogP contribution in [0.15, 0.2) is 86.1 Å². The molecule has 190 valence electrons. The minimum atomic E-state index is 0.632. The van der Waals surface area contributed by atoms with E-state index >= 15 is 0 Å². The maximum atomic E-state index is 4.95. The van der Waals surface area contributed by atoms with Crippen molar-refractivity contribution in [3.63, 3.8) is 0 Å². The molecule has 0 spiro atoms. The first-order valence-electron chi connectivity index (χ1n) is 12.6. The van der Waals surface area contributed by atoms with E-state index in [4.69, 9.17) is 9.97 Å². The highest BCUT2D eigenvalue weighted by Crippen LogP contribution is 2.31. The van der Waals surface area contributed by atoms with Gasteiger partial charge in [-0.25, -0.2) is 9.97 Å². The minimum absolute atomic E-state index is 0.632. The second kappa shape index (κ2) is 11.0. The summed E-state index contributed by atoms with van der Waals surface area (Å²) in [6.45, 7) is 12.2. The van der Waals surface area contributed by atoms with Crippen LogP contribution >= 0.6 is 0 Å². The highest BCUT2D eigenvalue weighted by atomic mass is 15.2. The highest BCUT2D eigenvalue weighted by molar-refractivity contribution is 5.90. The molecule has 0 aromatic carbocycles. The van der Waals surface area contributed by atoms with Crippen molar-refractivity contribution in [3.05, 3.63) is 103 Å². The van der Waals surface area contributed by atoms with E-state index in [0.717, 1.165) is 75.5 Å². The smallest absolute Gasteiger partial charge is 0.161 e. The van der Waals surface area contributed by atoms with Crippen molar-refractivity contribution in [2.75, 3.05) is 5.32 Å². The van der Waals surface area contributed by atoms with Gasteiger partial charge in [0.1, 0.15) is 5.52 Å². The molecule has 0 fully saturated rings. The van der Waals surface area contributed by atoms with Crippen LogP contribution < -0.4 is 5.32 Å². The molecule has 0 atom stereocenters. The van der Waals surface area contributed by atoms with Gasteiger partial charge < -0.3 is 10.3 Å². The Labute approximate surface area is 221 Å². The topological polar surface area (TPSA) is 108 Å². The van der Waals surface area contributed by atoms with Crippen LogP contribution in [0.4, 0.5) is 5.69 Å². The van der Waals surface area contributed by atoms with Gasteiger partial charge in [-0.15, -0.1) is 0 Å². The molecular weight excluding hydrogens is 472 g/mol. The van der Waals surface area contributed by atoms with E-state index in [-0.39, 0.29) is 0 Å². The van der Waals surface area contributed by atoms with Gasteiger partial charge in [0.05, 0.1) is 28.8 Å². The number of imidazole rings is 1. The number of fused-ring (bicyclic) bond motifs is 1. The average molecular weight is 503 g/mol. The quantitative estimate of drug-likeness (QED) is 0.180. The fourth-order valence-corrected chi connectivity index (χ4v) is 4.32. The fourth-order valence-electron chi connectivity index (χ4n) is 4.32. The second-order valence-corrected chi connectivity index (χ2v) is 9.08. The molecule has 8 nitrogen and oxygen atoms in total. The number of nitrogens with one attached hydrogen (secondary N) is 3. The summed E-state index contributed by atoms with van der Waals surface area (Å²) >= 11 is 0. The summed E-state index contributed by atoms with van der Waals surface area (Å²) in [4.78, 5) is 21.9. The summed E-state index contributed by atoms with van der Waals surface area (Å²) < 4.78 is 0. The van der Waals surface area contributed by atoms with Crippen LogP contribution in [-0.2, 0) is 0 Å². The Hall–Kier alpha value is -4.85. The Morgan fingerprint density at radius 1 is 1.11 bits per heavy atom. The first kappa shape index (κ1) is 24.8. The Morgan fingerprint density at radius 3 is 2.79 bits per heavy atom. The van der Waals surface area contributed by atoms with Crippen LogP contribution in [0, 0.1) is 6.92 Å². The van der Waals surface area contributed by atoms with Crippen molar-refractivity contribution in [2.24, 2.45) is 0 Å². The van der Waals surface area contributed by atoms with Gasteiger partial charge in [0.25, 0.3) is 0 Å². The predicted octanol–water partition coefficient (Wildman–Crippen LogP) is 6.85. The SMILES string of the molecule is C=C/C=C(/c1cccnc1)c1nc(-c2n[nH]c3ccc(-c4cncc(NC(=C)CCCC)c4)nc23)[nH]c1C. The largest absolute Gasteiger partial charge is 0.358 e. The molecule has 5 rings (SSSR count). The first-order chi connectivity index (χ1) is 18.6. The molecule has 8 heteroatoms. The van der Waals surface area contributed by atoms with E-state index in [2.05, 4.69) is 50.5 Å². The Morgan fingerprint density at radius 2 is 2.00 bits per heavy atom. The molecule has 0 saturated heterocycles. The van der Waals surface area contributed by atoms with E-state index in [1.165, 1.54) is 0 Å². The summed E-state index contributed by atoms with van der Waals surface area (Å²) in [5.41, 5.74) is 9.37. The van der Waals surface area contributed by atoms with Crippen LogP contribution in [0.25, 0.3) is 39.4 Å². The monoisotopic (exact) mass is 502 g/mol. The van der Waals surface area contributed by atoms with Gasteiger partial charge in [-0.1, -0.05) is 44.7 Å². The standard InChI is InChI=1S/C30H30N8/c1-5-7-10-19(3)33-23-15-22(17-32-18-23)25-12-13-26-28(35-25)29(38-37-26)30-34-20(4)27(36-30)24(9-6-2)21-11-8-14-31-16-21/h6,8-9,11-18,33H,2-3,5,7,10H2,1,4H3,(H,34,36)(H,37,38)/b24-9-. The number of H-pyrrole nitrogens is 2. The molecule has 0 amide bonds. The summed E-state index contributed by atoms with van der Waals surface area (Å²) in [6.07, 6.45) is 14.0. The van der Waals surface area contributed by atoms with Crippen LogP contribution in [0.5, 0.6) is 0 Å². The molecule has 5 heterocycles. The number of aromatic amines is 2. The van der Waals surface area contributed by atoms with Gasteiger partial charge in [-0.2, -0.15) is 5.10 Å². The van der Waals surface area contributed by atoms with E-state index < -0.39 is 0 Å². The minimum Gasteiger partial charge on any atom is -0.358 e. The van der Waals surface area contributed by atoms with Gasteiger partial charge in [0.2, 0.25) is 0 Å². The number of unbranched alkanes of at least 4 members (excludes halogenated alkanes) is 1. The zero-order valence-corrected chi connectivity index (χ0v) is 21.6. The van der Waals surface area contributed by atoms with Crippen molar-refractivity contribution < 1.29 is 0 Å². The molecule has 0 bridgehead atoms. The molecule has 0 radical (unpaired) electrons. The Bertz CT molecular complexity index is 1620. The maximum absolute atomic E-state index is 4.95. The molecule has 0 aliphatic heterocycles.